The minimum Gasteiger partial charge on any atom is -0.383 e. The predicted octanol–water partition coefficient (Wildman–Crippen LogP) is 2.44. The van der Waals surface area contributed by atoms with Crippen molar-refractivity contribution in [1.29, 1.82) is 0 Å². The average molecular weight is 376 g/mol. The van der Waals surface area contributed by atoms with Crippen molar-refractivity contribution in [2.45, 2.75) is 39.7 Å². The van der Waals surface area contributed by atoms with E-state index in [-0.39, 0.29) is 17.4 Å². The molecule has 0 aliphatic heterocycles. The van der Waals surface area contributed by atoms with Gasteiger partial charge in [0.1, 0.15) is 5.82 Å². The molecule has 0 saturated heterocycles. The van der Waals surface area contributed by atoms with Crippen LogP contribution >= 0.6 is 11.3 Å². The Bertz CT molecular complexity index is 881. The van der Waals surface area contributed by atoms with E-state index in [1.54, 1.807) is 6.08 Å². The third-order valence-electron chi connectivity index (χ3n) is 3.87. The van der Waals surface area contributed by atoms with Gasteiger partial charge in [-0.3, -0.25) is 19.1 Å². The highest BCUT2D eigenvalue weighted by Gasteiger charge is 2.22. The fourth-order valence-electron chi connectivity index (χ4n) is 2.56. The molecule has 3 N–H and O–H groups in total. The molecule has 0 fully saturated rings. The lowest BCUT2D eigenvalue weighted by Crippen LogP contribution is -2.41. The quantitative estimate of drug-likeness (QED) is 0.691. The number of hydrogen-bond acceptors (Lipinski definition) is 5. The third-order valence-corrected chi connectivity index (χ3v) is 4.70. The molecule has 2 rings (SSSR count). The molecule has 2 aromatic rings. The number of nitrogens with zero attached hydrogens (tertiary/aromatic N) is 2. The Labute approximate surface area is 155 Å². The van der Waals surface area contributed by atoms with Crippen LogP contribution in [0.1, 0.15) is 38.0 Å². The summed E-state index contributed by atoms with van der Waals surface area (Å²) in [5.74, 6) is -0.323. The Morgan fingerprint density at radius 3 is 2.73 bits per heavy atom. The minimum atomic E-state index is -0.647. The van der Waals surface area contributed by atoms with Crippen molar-refractivity contribution in [3.63, 3.8) is 0 Å². The highest BCUT2D eigenvalue weighted by Crippen LogP contribution is 2.19. The Balaban J connectivity index is 2.44. The monoisotopic (exact) mass is 376 g/mol. The molecule has 0 aromatic carbocycles. The molecular weight excluding hydrogens is 352 g/mol. The van der Waals surface area contributed by atoms with Crippen LogP contribution < -0.4 is 21.9 Å². The van der Waals surface area contributed by atoms with Gasteiger partial charge in [-0.1, -0.05) is 26.3 Å². The van der Waals surface area contributed by atoms with E-state index in [4.69, 9.17) is 5.73 Å². The summed E-state index contributed by atoms with van der Waals surface area (Å²) in [4.78, 5) is 41.7. The molecule has 7 nitrogen and oxygen atoms in total. The van der Waals surface area contributed by atoms with Crippen LogP contribution in [0.25, 0.3) is 6.08 Å². The number of hydrogen-bond donors (Lipinski definition) is 2. The first-order chi connectivity index (χ1) is 12.5. The van der Waals surface area contributed by atoms with Crippen LogP contribution in [0, 0.1) is 0 Å². The van der Waals surface area contributed by atoms with Crippen LogP contribution in [0.3, 0.4) is 0 Å². The summed E-state index contributed by atoms with van der Waals surface area (Å²) in [6.07, 6.45) is 5.39. The normalized spacial score (nSPS) is 11.2. The number of aromatic amines is 1. The second kappa shape index (κ2) is 9.19. The average Bonchev–Trinajstić information content (AvgIpc) is 3.12. The van der Waals surface area contributed by atoms with Gasteiger partial charge in [-0.25, -0.2) is 4.79 Å². The van der Waals surface area contributed by atoms with Gasteiger partial charge in [0.15, 0.2) is 5.69 Å². The van der Waals surface area contributed by atoms with Gasteiger partial charge in [0.05, 0.1) is 0 Å². The maximum Gasteiger partial charge on any atom is 0.330 e. The smallest absolute Gasteiger partial charge is 0.330 e. The molecule has 0 aliphatic rings. The number of amides is 1. The van der Waals surface area contributed by atoms with Crippen LogP contribution in [0.2, 0.25) is 0 Å². The fourth-order valence-corrected chi connectivity index (χ4v) is 3.18. The van der Waals surface area contributed by atoms with Gasteiger partial charge in [-0.2, -0.15) is 0 Å². The number of nitrogens with two attached hydrogens (primary N) is 1. The van der Waals surface area contributed by atoms with Crippen molar-refractivity contribution < 1.29 is 4.79 Å². The SMILES string of the molecule is CCCCn1c(N)c(N(CCC)C(=O)/C=C\c2cccs2)c(=O)[nH]c1=O. The predicted molar refractivity (Wildman–Crippen MR) is 107 cm³/mol. The van der Waals surface area contributed by atoms with Crippen molar-refractivity contribution in [2.75, 3.05) is 17.2 Å². The zero-order valence-electron chi connectivity index (χ0n) is 15.0. The molecule has 0 atom stereocenters. The zero-order chi connectivity index (χ0) is 19.1. The second-order valence-corrected chi connectivity index (χ2v) is 6.82. The number of unbranched alkanes of at least 4 members (excludes halogenated alkanes) is 1. The molecular formula is C18H24N4O3S. The number of nitrogens with one attached hydrogen (secondary N) is 1. The van der Waals surface area contributed by atoms with Crippen LogP contribution in [0.15, 0.2) is 33.2 Å². The molecule has 26 heavy (non-hydrogen) atoms. The van der Waals surface area contributed by atoms with Crippen molar-refractivity contribution in [2.24, 2.45) is 0 Å². The topological polar surface area (TPSA) is 101 Å². The molecule has 2 heterocycles. The van der Waals surface area contributed by atoms with E-state index < -0.39 is 11.2 Å². The highest BCUT2D eigenvalue weighted by atomic mass is 32.1. The molecule has 0 radical (unpaired) electrons. The Morgan fingerprint density at radius 2 is 2.12 bits per heavy atom. The van der Waals surface area contributed by atoms with Gasteiger partial charge < -0.3 is 10.6 Å². The molecule has 8 heteroatoms. The molecule has 2 aromatic heterocycles. The van der Waals surface area contributed by atoms with Gasteiger partial charge >= 0.3 is 5.69 Å². The summed E-state index contributed by atoms with van der Waals surface area (Å²) >= 11 is 1.51. The molecule has 0 bridgehead atoms. The van der Waals surface area contributed by atoms with Crippen LogP contribution in [0.5, 0.6) is 0 Å². The van der Waals surface area contributed by atoms with Gasteiger partial charge in [-0.05, 0) is 30.4 Å². The summed E-state index contributed by atoms with van der Waals surface area (Å²) in [5, 5.41) is 1.92. The number of carbonyl (C=O) groups excluding carboxylic acids is 1. The lowest BCUT2D eigenvalue weighted by molar-refractivity contribution is -0.114. The maximum absolute atomic E-state index is 12.7. The molecule has 1 amide bonds. The first kappa shape index (κ1) is 19.7. The Kier molecular flexibility index (Phi) is 6.97. The van der Waals surface area contributed by atoms with Crippen LogP contribution in [-0.2, 0) is 11.3 Å². The Morgan fingerprint density at radius 1 is 1.35 bits per heavy atom. The van der Waals surface area contributed by atoms with E-state index >= 15 is 0 Å². The summed E-state index contributed by atoms with van der Waals surface area (Å²) < 4.78 is 1.32. The van der Waals surface area contributed by atoms with E-state index in [2.05, 4.69) is 4.98 Å². The van der Waals surface area contributed by atoms with Crippen LogP contribution in [-0.4, -0.2) is 22.0 Å². The molecule has 140 valence electrons. The summed E-state index contributed by atoms with van der Waals surface area (Å²) in [5.41, 5.74) is 4.94. The first-order valence-corrected chi connectivity index (χ1v) is 9.53. The van der Waals surface area contributed by atoms with Gasteiger partial charge in [0, 0.05) is 24.0 Å². The fraction of sp³-hybridized carbons (Fsp3) is 0.389. The first-order valence-electron chi connectivity index (χ1n) is 8.65. The molecule has 0 unspecified atom stereocenters. The number of H-pyrrole nitrogens is 1. The second-order valence-electron chi connectivity index (χ2n) is 5.84. The van der Waals surface area contributed by atoms with Crippen molar-refractivity contribution in [3.05, 3.63) is 49.3 Å². The molecule has 0 aliphatic carbocycles. The standard InChI is InChI=1S/C18H24N4O3S/c1-3-5-11-22-16(19)15(17(24)20-18(22)25)21(10-4-2)14(23)9-8-13-7-6-12-26-13/h6-9,12H,3-5,10-11,19H2,1-2H3,(H,20,24,25)/b9-8-. The van der Waals surface area contributed by atoms with E-state index in [1.165, 1.54) is 26.9 Å². The third kappa shape index (κ3) is 4.51. The van der Waals surface area contributed by atoms with Gasteiger partial charge in [-0.15, -0.1) is 11.3 Å². The number of carbonyl (C=O) groups is 1. The largest absolute Gasteiger partial charge is 0.383 e. The zero-order valence-corrected chi connectivity index (χ0v) is 15.8. The van der Waals surface area contributed by atoms with E-state index in [9.17, 15) is 14.4 Å². The minimum absolute atomic E-state index is 0.0264. The van der Waals surface area contributed by atoms with Crippen molar-refractivity contribution in [1.82, 2.24) is 9.55 Å². The van der Waals surface area contributed by atoms with E-state index in [1.807, 2.05) is 31.4 Å². The summed E-state index contributed by atoms with van der Waals surface area (Å²) in [6.45, 7) is 4.62. The van der Waals surface area contributed by atoms with E-state index in [0.29, 0.717) is 19.5 Å². The lowest BCUT2D eigenvalue weighted by Gasteiger charge is -2.23. The van der Waals surface area contributed by atoms with Crippen molar-refractivity contribution in [3.8, 4) is 0 Å². The Hall–Kier alpha value is -2.61. The van der Waals surface area contributed by atoms with E-state index in [0.717, 1.165) is 17.7 Å². The number of anilines is 2. The van der Waals surface area contributed by atoms with Crippen LogP contribution in [0.4, 0.5) is 11.5 Å². The number of rotatable bonds is 8. The number of thiophene rings is 1. The van der Waals surface area contributed by atoms with Gasteiger partial charge in [0.25, 0.3) is 11.5 Å². The lowest BCUT2D eigenvalue weighted by atomic mass is 10.3. The van der Waals surface area contributed by atoms with Gasteiger partial charge in [0.2, 0.25) is 0 Å². The number of aromatic nitrogens is 2. The summed E-state index contributed by atoms with van der Waals surface area (Å²) in [7, 11) is 0. The van der Waals surface area contributed by atoms with Crippen molar-refractivity contribution >= 4 is 34.8 Å². The number of nitrogen functional groups attached to an aromatic ring is 1. The highest BCUT2D eigenvalue weighted by molar-refractivity contribution is 7.10. The molecule has 0 saturated carbocycles. The maximum atomic E-state index is 12.7. The molecule has 0 spiro atoms. The summed E-state index contributed by atoms with van der Waals surface area (Å²) in [6, 6.07) is 3.79.